The predicted octanol–water partition coefficient (Wildman–Crippen LogP) is 3.34. The maximum atomic E-state index is 12.2. The van der Waals surface area contributed by atoms with Gasteiger partial charge in [0.15, 0.2) is 11.5 Å². The minimum Gasteiger partial charge on any atom is -0.493 e. The molecule has 30 heavy (non-hydrogen) atoms. The highest BCUT2D eigenvalue weighted by molar-refractivity contribution is 5.91. The highest BCUT2D eigenvalue weighted by atomic mass is 16.6. The van der Waals surface area contributed by atoms with E-state index in [1.54, 1.807) is 13.2 Å². The third-order valence-corrected chi connectivity index (χ3v) is 4.98. The first-order valence-electron chi connectivity index (χ1n) is 10.0. The van der Waals surface area contributed by atoms with Gasteiger partial charge in [-0.25, -0.2) is 4.98 Å². The van der Waals surface area contributed by atoms with Gasteiger partial charge in [0, 0.05) is 19.2 Å². The summed E-state index contributed by atoms with van der Waals surface area (Å²) in [4.78, 5) is 16.8. The molecule has 4 rings (SSSR count). The standard InChI is InChI=1S/C23H25N3O4/c1-16-25-18-6-3-4-7-19(18)26(16)11-5-10-24-22(27)9-8-17-14-20(28-2)23-21(15-17)29-12-13-30-23/h3-4,6-9,14-15H,5,10-13H2,1-2H3,(H,24,27)/b9-8+. The highest BCUT2D eigenvalue weighted by Crippen LogP contribution is 2.40. The fraction of sp³-hybridized carbons (Fsp3) is 0.304. The van der Waals surface area contributed by atoms with E-state index in [0.717, 1.165) is 35.4 Å². The zero-order chi connectivity index (χ0) is 20.9. The summed E-state index contributed by atoms with van der Waals surface area (Å²) >= 11 is 0. The third-order valence-electron chi connectivity index (χ3n) is 4.98. The van der Waals surface area contributed by atoms with Crippen molar-refractivity contribution in [2.75, 3.05) is 26.9 Å². The molecule has 0 radical (unpaired) electrons. The van der Waals surface area contributed by atoms with Crippen LogP contribution in [0.25, 0.3) is 17.1 Å². The zero-order valence-corrected chi connectivity index (χ0v) is 17.2. The topological polar surface area (TPSA) is 74.6 Å². The summed E-state index contributed by atoms with van der Waals surface area (Å²) in [7, 11) is 1.58. The van der Waals surface area contributed by atoms with Crippen LogP contribution in [0.3, 0.4) is 0 Å². The van der Waals surface area contributed by atoms with E-state index in [1.165, 1.54) is 6.08 Å². The van der Waals surface area contributed by atoms with Gasteiger partial charge in [-0.2, -0.15) is 0 Å². The molecule has 2 heterocycles. The van der Waals surface area contributed by atoms with Crippen LogP contribution >= 0.6 is 0 Å². The van der Waals surface area contributed by atoms with Crippen LogP contribution in [0.1, 0.15) is 17.8 Å². The summed E-state index contributed by atoms with van der Waals surface area (Å²) in [6, 6.07) is 11.7. The Hall–Kier alpha value is -3.48. The lowest BCUT2D eigenvalue weighted by Gasteiger charge is -2.20. The van der Waals surface area contributed by atoms with E-state index in [9.17, 15) is 4.79 Å². The Kier molecular flexibility index (Phi) is 5.88. The molecule has 7 nitrogen and oxygen atoms in total. The molecule has 1 amide bonds. The minimum atomic E-state index is -0.143. The van der Waals surface area contributed by atoms with Crippen LogP contribution in [0, 0.1) is 6.92 Å². The molecule has 0 atom stereocenters. The minimum absolute atomic E-state index is 0.143. The van der Waals surface area contributed by atoms with E-state index in [1.807, 2.05) is 37.3 Å². The number of methoxy groups -OCH3 is 1. The lowest BCUT2D eigenvalue weighted by atomic mass is 10.1. The number of benzene rings is 2. The molecule has 0 aliphatic carbocycles. The monoisotopic (exact) mass is 407 g/mol. The molecule has 2 aromatic carbocycles. The van der Waals surface area contributed by atoms with E-state index in [2.05, 4.69) is 20.9 Å². The molecule has 0 spiro atoms. The number of hydrogen-bond donors (Lipinski definition) is 1. The number of amides is 1. The Morgan fingerprint density at radius 2 is 2.10 bits per heavy atom. The van der Waals surface area contributed by atoms with E-state index in [0.29, 0.717) is 37.0 Å². The molecule has 7 heteroatoms. The molecule has 0 bridgehead atoms. The average molecular weight is 407 g/mol. The Morgan fingerprint density at radius 3 is 2.97 bits per heavy atom. The van der Waals surface area contributed by atoms with Gasteiger partial charge in [-0.3, -0.25) is 4.79 Å². The Labute approximate surface area is 175 Å². The van der Waals surface area contributed by atoms with Gasteiger partial charge in [0.2, 0.25) is 11.7 Å². The number of carbonyl (C=O) groups is 1. The second kappa shape index (κ2) is 8.90. The summed E-state index contributed by atoms with van der Waals surface area (Å²) in [6.45, 7) is 4.38. The zero-order valence-electron chi connectivity index (χ0n) is 17.2. The molecular formula is C23H25N3O4. The predicted molar refractivity (Wildman–Crippen MR) is 115 cm³/mol. The number of ether oxygens (including phenoxy) is 3. The van der Waals surface area contributed by atoms with Gasteiger partial charge in [-0.15, -0.1) is 0 Å². The number of imidazole rings is 1. The van der Waals surface area contributed by atoms with Crippen molar-refractivity contribution in [2.45, 2.75) is 19.9 Å². The van der Waals surface area contributed by atoms with Crippen LogP contribution in [0.2, 0.25) is 0 Å². The largest absolute Gasteiger partial charge is 0.493 e. The van der Waals surface area contributed by atoms with Gasteiger partial charge >= 0.3 is 0 Å². The first-order chi connectivity index (χ1) is 14.7. The second-order valence-electron chi connectivity index (χ2n) is 7.02. The number of aryl methyl sites for hydroxylation is 2. The van der Waals surface area contributed by atoms with Crippen molar-refractivity contribution in [1.82, 2.24) is 14.9 Å². The average Bonchev–Trinajstić information content (AvgIpc) is 3.09. The van der Waals surface area contributed by atoms with Crippen molar-refractivity contribution in [1.29, 1.82) is 0 Å². The highest BCUT2D eigenvalue weighted by Gasteiger charge is 2.17. The quantitative estimate of drug-likeness (QED) is 0.480. The Bertz CT molecular complexity index is 1070. The SMILES string of the molecule is COc1cc(/C=C/C(=O)NCCCn2c(C)nc3ccccc32)cc2c1OCCO2. The smallest absolute Gasteiger partial charge is 0.244 e. The van der Waals surface area contributed by atoms with Gasteiger partial charge < -0.3 is 24.1 Å². The Balaban J connectivity index is 1.32. The van der Waals surface area contributed by atoms with Crippen LogP contribution in [-0.2, 0) is 11.3 Å². The summed E-state index contributed by atoms with van der Waals surface area (Å²) in [5, 5.41) is 2.93. The van der Waals surface area contributed by atoms with E-state index in [4.69, 9.17) is 14.2 Å². The van der Waals surface area contributed by atoms with Crippen LogP contribution in [0.15, 0.2) is 42.5 Å². The number of nitrogens with zero attached hydrogens (tertiary/aromatic N) is 2. The van der Waals surface area contributed by atoms with Crippen LogP contribution in [-0.4, -0.2) is 42.3 Å². The van der Waals surface area contributed by atoms with E-state index >= 15 is 0 Å². The number of rotatable bonds is 7. The van der Waals surface area contributed by atoms with Crippen LogP contribution < -0.4 is 19.5 Å². The molecule has 3 aromatic rings. The number of para-hydroxylation sites is 2. The number of fused-ring (bicyclic) bond motifs is 2. The van der Waals surface area contributed by atoms with Gasteiger partial charge in [0.05, 0.1) is 18.1 Å². The number of aromatic nitrogens is 2. The number of carbonyl (C=O) groups excluding carboxylic acids is 1. The summed E-state index contributed by atoms with van der Waals surface area (Å²) in [5.41, 5.74) is 2.93. The molecule has 1 aliphatic heterocycles. The normalized spacial score (nSPS) is 13.0. The van der Waals surface area contributed by atoms with Crippen molar-refractivity contribution >= 4 is 23.0 Å². The van der Waals surface area contributed by atoms with Gasteiger partial charge in [-0.05, 0) is 49.2 Å². The second-order valence-corrected chi connectivity index (χ2v) is 7.02. The molecular weight excluding hydrogens is 382 g/mol. The van der Waals surface area contributed by atoms with Crippen molar-refractivity contribution < 1.29 is 19.0 Å². The van der Waals surface area contributed by atoms with Crippen molar-refractivity contribution in [3.05, 3.63) is 53.9 Å². The molecule has 1 aromatic heterocycles. The van der Waals surface area contributed by atoms with Crippen LogP contribution in [0.5, 0.6) is 17.2 Å². The molecule has 0 fully saturated rings. The fourth-order valence-corrected chi connectivity index (χ4v) is 3.55. The maximum Gasteiger partial charge on any atom is 0.244 e. The maximum absolute atomic E-state index is 12.2. The van der Waals surface area contributed by atoms with Crippen LogP contribution in [0.4, 0.5) is 0 Å². The summed E-state index contributed by atoms with van der Waals surface area (Å²) < 4.78 is 18.8. The molecule has 0 saturated carbocycles. The first kappa shape index (κ1) is 19.8. The molecule has 0 unspecified atom stereocenters. The molecule has 0 saturated heterocycles. The number of hydrogen-bond acceptors (Lipinski definition) is 5. The van der Waals surface area contributed by atoms with Crippen molar-refractivity contribution in [3.63, 3.8) is 0 Å². The Morgan fingerprint density at radius 1 is 1.27 bits per heavy atom. The lowest BCUT2D eigenvalue weighted by Crippen LogP contribution is -2.23. The van der Waals surface area contributed by atoms with Gasteiger partial charge in [0.25, 0.3) is 0 Å². The van der Waals surface area contributed by atoms with Gasteiger partial charge in [-0.1, -0.05) is 12.1 Å². The fourth-order valence-electron chi connectivity index (χ4n) is 3.55. The van der Waals surface area contributed by atoms with Crippen molar-refractivity contribution in [2.24, 2.45) is 0 Å². The summed E-state index contributed by atoms with van der Waals surface area (Å²) in [5.74, 6) is 2.66. The first-order valence-corrected chi connectivity index (χ1v) is 10.0. The molecule has 1 aliphatic rings. The van der Waals surface area contributed by atoms with Crippen molar-refractivity contribution in [3.8, 4) is 17.2 Å². The molecule has 1 N–H and O–H groups in total. The lowest BCUT2D eigenvalue weighted by molar-refractivity contribution is -0.116. The van der Waals surface area contributed by atoms with E-state index < -0.39 is 0 Å². The third kappa shape index (κ3) is 4.25. The van der Waals surface area contributed by atoms with Gasteiger partial charge in [0.1, 0.15) is 19.0 Å². The summed E-state index contributed by atoms with van der Waals surface area (Å²) in [6.07, 6.45) is 4.07. The number of nitrogens with one attached hydrogen (secondary N) is 1. The van der Waals surface area contributed by atoms with E-state index in [-0.39, 0.29) is 5.91 Å². The molecule has 156 valence electrons.